The van der Waals surface area contributed by atoms with Gasteiger partial charge in [-0.2, -0.15) is 5.26 Å². The van der Waals surface area contributed by atoms with E-state index in [1.165, 1.54) is 6.42 Å². The summed E-state index contributed by atoms with van der Waals surface area (Å²) in [5.74, 6) is 0. The monoisotopic (exact) mass is 271 g/mol. The van der Waals surface area contributed by atoms with Crippen LogP contribution >= 0.6 is 24.0 Å². The van der Waals surface area contributed by atoms with E-state index in [2.05, 4.69) is 4.90 Å². The van der Waals surface area contributed by atoms with Crippen LogP contribution in [0.5, 0.6) is 0 Å². The Kier molecular flexibility index (Phi) is 5.23. The highest BCUT2D eigenvalue weighted by Gasteiger charge is 2.18. The largest absolute Gasteiger partial charge is 0.323 e. The Hall–Kier alpha value is -0.790. The average Bonchev–Trinajstić information content (AvgIpc) is 2.23. The third-order valence-electron chi connectivity index (χ3n) is 2.95. The quantitative estimate of drug-likeness (QED) is 0.918. The molecule has 1 fully saturated rings. The first-order valence-electron chi connectivity index (χ1n) is 5.38. The molecule has 1 heterocycles. The highest BCUT2D eigenvalue weighted by Crippen LogP contribution is 2.22. The molecule has 0 bridgehead atoms. The lowest BCUT2D eigenvalue weighted by Gasteiger charge is -2.33. The van der Waals surface area contributed by atoms with E-state index in [1.54, 1.807) is 12.1 Å². The summed E-state index contributed by atoms with van der Waals surface area (Å²) < 4.78 is 0. The predicted octanol–water partition coefficient (Wildman–Crippen LogP) is 2.34. The lowest BCUT2D eigenvalue weighted by atomic mass is 10.0. The van der Waals surface area contributed by atoms with E-state index < -0.39 is 0 Å². The number of likely N-dealkylation sites (tertiary alicyclic amines) is 1. The summed E-state index contributed by atoms with van der Waals surface area (Å²) in [5.41, 5.74) is 7.58. The summed E-state index contributed by atoms with van der Waals surface area (Å²) in [6.07, 6.45) is 1.26. The van der Waals surface area contributed by atoms with E-state index in [-0.39, 0.29) is 18.4 Å². The zero-order valence-corrected chi connectivity index (χ0v) is 11.0. The van der Waals surface area contributed by atoms with Crippen molar-refractivity contribution in [2.75, 3.05) is 19.6 Å². The normalized spacial score (nSPS) is 16.5. The number of rotatable bonds is 3. The van der Waals surface area contributed by atoms with Crippen molar-refractivity contribution in [3.8, 4) is 6.07 Å². The number of nitriles is 1. The Morgan fingerprint density at radius 2 is 2.18 bits per heavy atom. The van der Waals surface area contributed by atoms with Crippen LogP contribution < -0.4 is 5.73 Å². The fraction of sp³-hybridized carbons (Fsp3) is 0.417. The van der Waals surface area contributed by atoms with Crippen LogP contribution in [0.15, 0.2) is 18.2 Å². The lowest BCUT2D eigenvalue weighted by molar-refractivity contribution is 0.170. The Balaban J connectivity index is 0.00000144. The molecule has 1 aromatic rings. The van der Waals surface area contributed by atoms with Gasteiger partial charge in [0.1, 0.15) is 6.07 Å². The zero-order chi connectivity index (χ0) is 11.5. The Labute approximate surface area is 113 Å². The molecular weight excluding hydrogens is 257 g/mol. The second-order valence-corrected chi connectivity index (χ2v) is 4.52. The molecular formula is C12H15Cl2N3. The van der Waals surface area contributed by atoms with E-state index in [9.17, 15) is 0 Å². The minimum absolute atomic E-state index is 0. The fourth-order valence-corrected chi connectivity index (χ4v) is 2.03. The molecule has 0 saturated carbocycles. The van der Waals surface area contributed by atoms with Crippen LogP contribution in [0.2, 0.25) is 5.02 Å². The number of nitrogens with two attached hydrogens (primary N) is 1. The first-order valence-corrected chi connectivity index (χ1v) is 5.76. The van der Waals surface area contributed by atoms with E-state index in [0.717, 1.165) is 25.2 Å². The highest BCUT2D eigenvalue weighted by molar-refractivity contribution is 6.31. The van der Waals surface area contributed by atoms with Gasteiger partial charge in [-0.25, -0.2) is 0 Å². The summed E-state index contributed by atoms with van der Waals surface area (Å²) >= 11 is 5.97. The maximum Gasteiger partial charge on any atom is 0.101 e. The van der Waals surface area contributed by atoms with Gasteiger partial charge < -0.3 is 10.6 Å². The summed E-state index contributed by atoms with van der Waals surface area (Å²) in [5, 5.41) is 9.25. The van der Waals surface area contributed by atoms with Crippen molar-refractivity contribution in [3.05, 3.63) is 34.3 Å². The second kappa shape index (κ2) is 6.23. The molecule has 0 spiro atoms. The van der Waals surface area contributed by atoms with Crippen molar-refractivity contribution in [2.24, 2.45) is 5.73 Å². The fourth-order valence-electron chi connectivity index (χ4n) is 1.80. The lowest BCUT2D eigenvalue weighted by Crippen LogP contribution is -2.41. The number of benzene rings is 1. The molecule has 0 radical (unpaired) electrons. The SMILES string of the molecule is Cl.N#Cc1ccc(C(N)CN2CCC2)cc1Cl. The molecule has 17 heavy (non-hydrogen) atoms. The molecule has 1 unspecified atom stereocenters. The summed E-state index contributed by atoms with van der Waals surface area (Å²) in [6, 6.07) is 7.43. The topological polar surface area (TPSA) is 53.1 Å². The average molecular weight is 272 g/mol. The van der Waals surface area contributed by atoms with Crippen molar-refractivity contribution in [2.45, 2.75) is 12.5 Å². The molecule has 0 aromatic heterocycles. The van der Waals surface area contributed by atoms with Crippen molar-refractivity contribution in [1.82, 2.24) is 4.90 Å². The van der Waals surface area contributed by atoms with Crippen LogP contribution in [0.3, 0.4) is 0 Å². The smallest absolute Gasteiger partial charge is 0.101 e. The molecule has 0 aliphatic carbocycles. The Morgan fingerprint density at radius 3 is 2.65 bits per heavy atom. The number of hydrogen-bond acceptors (Lipinski definition) is 3. The molecule has 1 aromatic carbocycles. The highest BCUT2D eigenvalue weighted by atomic mass is 35.5. The van der Waals surface area contributed by atoms with Crippen LogP contribution in [0.4, 0.5) is 0 Å². The summed E-state index contributed by atoms with van der Waals surface area (Å²) in [6.45, 7) is 3.14. The van der Waals surface area contributed by atoms with E-state index in [1.807, 2.05) is 12.1 Å². The van der Waals surface area contributed by atoms with E-state index in [0.29, 0.717) is 10.6 Å². The molecule has 92 valence electrons. The van der Waals surface area contributed by atoms with Gasteiger partial charge in [-0.1, -0.05) is 17.7 Å². The standard InChI is InChI=1S/C12H14ClN3.ClH/c13-11-6-9(2-3-10(11)7-14)12(15)8-16-4-1-5-16;/h2-3,6,12H,1,4-5,8,15H2;1H. The molecule has 0 amide bonds. The molecule has 1 saturated heterocycles. The zero-order valence-electron chi connectivity index (χ0n) is 9.40. The summed E-state index contributed by atoms with van der Waals surface area (Å²) in [4.78, 5) is 2.32. The number of nitrogens with zero attached hydrogens (tertiary/aromatic N) is 2. The van der Waals surface area contributed by atoms with Gasteiger partial charge in [-0.05, 0) is 37.2 Å². The van der Waals surface area contributed by atoms with E-state index >= 15 is 0 Å². The molecule has 5 heteroatoms. The molecule has 3 nitrogen and oxygen atoms in total. The Morgan fingerprint density at radius 1 is 1.47 bits per heavy atom. The predicted molar refractivity (Wildman–Crippen MR) is 71.4 cm³/mol. The van der Waals surface area contributed by atoms with Gasteiger partial charge in [0.2, 0.25) is 0 Å². The van der Waals surface area contributed by atoms with Crippen molar-refractivity contribution in [3.63, 3.8) is 0 Å². The molecule has 1 aliphatic rings. The third-order valence-corrected chi connectivity index (χ3v) is 3.26. The minimum Gasteiger partial charge on any atom is -0.323 e. The van der Waals surface area contributed by atoms with Crippen molar-refractivity contribution >= 4 is 24.0 Å². The third kappa shape index (κ3) is 3.34. The van der Waals surface area contributed by atoms with Gasteiger partial charge in [-0.3, -0.25) is 0 Å². The first kappa shape index (κ1) is 14.3. The number of hydrogen-bond donors (Lipinski definition) is 1. The second-order valence-electron chi connectivity index (χ2n) is 4.11. The van der Waals surface area contributed by atoms with Crippen LogP contribution in [-0.2, 0) is 0 Å². The van der Waals surface area contributed by atoms with Gasteiger partial charge >= 0.3 is 0 Å². The maximum absolute atomic E-state index is 8.77. The van der Waals surface area contributed by atoms with Crippen molar-refractivity contribution in [1.29, 1.82) is 5.26 Å². The van der Waals surface area contributed by atoms with Gasteiger partial charge in [0, 0.05) is 12.6 Å². The van der Waals surface area contributed by atoms with Gasteiger partial charge in [0.05, 0.1) is 10.6 Å². The number of halogens is 2. The molecule has 2 N–H and O–H groups in total. The van der Waals surface area contributed by atoms with Crippen LogP contribution in [0.1, 0.15) is 23.6 Å². The van der Waals surface area contributed by atoms with E-state index in [4.69, 9.17) is 22.6 Å². The van der Waals surface area contributed by atoms with Crippen LogP contribution in [0.25, 0.3) is 0 Å². The maximum atomic E-state index is 8.77. The molecule has 2 rings (SSSR count). The minimum atomic E-state index is -0.0226. The van der Waals surface area contributed by atoms with Gasteiger partial charge in [0.15, 0.2) is 0 Å². The molecule has 1 atom stereocenters. The molecule has 1 aliphatic heterocycles. The van der Waals surface area contributed by atoms with Gasteiger partial charge in [0.25, 0.3) is 0 Å². The van der Waals surface area contributed by atoms with Crippen molar-refractivity contribution < 1.29 is 0 Å². The van der Waals surface area contributed by atoms with Crippen LogP contribution in [-0.4, -0.2) is 24.5 Å². The van der Waals surface area contributed by atoms with Crippen LogP contribution in [0, 0.1) is 11.3 Å². The summed E-state index contributed by atoms with van der Waals surface area (Å²) in [7, 11) is 0. The Bertz CT molecular complexity index is 424. The van der Waals surface area contributed by atoms with Gasteiger partial charge in [-0.15, -0.1) is 12.4 Å². The first-order chi connectivity index (χ1) is 7.70.